The summed E-state index contributed by atoms with van der Waals surface area (Å²) in [6, 6.07) is 2.22. The first-order valence-corrected chi connectivity index (χ1v) is 7.72. The van der Waals surface area contributed by atoms with E-state index in [1.807, 2.05) is 0 Å². The zero-order valence-electron chi connectivity index (χ0n) is 11.2. The summed E-state index contributed by atoms with van der Waals surface area (Å²) in [5.74, 6) is 1.42. The Kier molecular flexibility index (Phi) is 3.66. The van der Waals surface area contributed by atoms with Crippen LogP contribution < -0.4 is 4.90 Å². The number of aryl methyl sites for hydroxylation is 1. The lowest BCUT2D eigenvalue weighted by atomic mass is 9.99. The van der Waals surface area contributed by atoms with Gasteiger partial charge in [0.05, 0.1) is 5.39 Å². The zero-order chi connectivity index (χ0) is 13.2. The Morgan fingerprint density at radius 1 is 1.47 bits per heavy atom. The van der Waals surface area contributed by atoms with Gasteiger partial charge in [-0.05, 0) is 31.2 Å². The Morgan fingerprint density at radius 3 is 3.16 bits per heavy atom. The molecular formula is C14H19N3OS. The fraction of sp³-hybridized carbons (Fsp3) is 0.571. The van der Waals surface area contributed by atoms with E-state index in [0.717, 1.165) is 43.0 Å². The first kappa shape index (κ1) is 12.8. The van der Waals surface area contributed by atoms with Gasteiger partial charge in [0.25, 0.3) is 0 Å². The van der Waals surface area contributed by atoms with Crippen LogP contribution in [0.3, 0.4) is 0 Å². The Balaban J connectivity index is 1.97. The van der Waals surface area contributed by atoms with Crippen LogP contribution in [0.15, 0.2) is 12.4 Å². The molecule has 0 saturated carbocycles. The standard InChI is InChI=1S/C14H19N3OS/c1-2-11-6-12-13(15-9-16-14(12)19-11)17-5-3-4-10(7-17)8-18/h6,9-10,18H,2-5,7-8H2,1H3. The fourth-order valence-electron chi connectivity index (χ4n) is 2.73. The number of aromatic nitrogens is 2. The lowest BCUT2D eigenvalue weighted by Gasteiger charge is -2.32. The fourth-order valence-corrected chi connectivity index (χ4v) is 3.66. The van der Waals surface area contributed by atoms with Gasteiger partial charge in [-0.2, -0.15) is 0 Å². The molecule has 4 nitrogen and oxygen atoms in total. The average molecular weight is 277 g/mol. The van der Waals surface area contributed by atoms with Gasteiger partial charge in [-0.3, -0.25) is 0 Å². The van der Waals surface area contributed by atoms with Crippen molar-refractivity contribution in [1.82, 2.24) is 9.97 Å². The molecule has 2 aromatic heterocycles. The van der Waals surface area contributed by atoms with E-state index in [0.29, 0.717) is 5.92 Å². The van der Waals surface area contributed by atoms with Crippen molar-refractivity contribution in [2.45, 2.75) is 26.2 Å². The number of nitrogens with zero attached hydrogens (tertiary/aromatic N) is 3. The van der Waals surface area contributed by atoms with Crippen LogP contribution in [0.4, 0.5) is 5.82 Å². The van der Waals surface area contributed by atoms with Crippen molar-refractivity contribution in [1.29, 1.82) is 0 Å². The molecule has 0 bridgehead atoms. The maximum atomic E-state index is 9.35. The molecule has 1 aliphatic heterocycles. The largest absolute Gasteiger partial charge is 0.396 e. The smallest absolute Gasteiger partial charge is 0.140 e. The second kappa shape index (κ2) is 5.43. The predicted molar refractivity (Wildman–Crippen MR) is 78.8 cm³/mol. The van der Waals surface area contributed by atoms with Gasteiger partial charge in [-0.15, -0.1) is 11.3 Å². The number of fused-ring (bicyclic) bond motifs is 1. The molecule has 2 aromatic rings. The van der Waals surface area contributed by atoms with E-state index in [9.17, 15) is 5.11 Å². The molecule has 1 atom stereocenters. The zero-order valence-corrected chi connectivity index (χ0v) is 12.0. The lowest BCUT2D eigenvalue weighted by molar-refractivity contribution is 0.208. The van der Waals surface area contributed by atoms with Gasteiger partial charge >= 0.3 is 0 Å². The minimum atomic E-state index is 0.272. The number of rotatable bonds is 3. The third-order valence-electron chi connectivity index (χ3n) is 3.78. The monoisotopic (exact) mass is 277 g/mol. The van der Waals surface area contributed by atoms with Gasteiger partial charge in [0, 0.05) is 24.6 Å². The Labute approximate surface area is 117 Å². The summed E-state index contributed by atoms with van der Waals surface area (Å²) >= 11 is 1.75. The van der Waals surface area contributed by atoms with E-state index in [1.165, 1.54) is 10.3 Å². The van der Waals surface area contributed by atoms with Gasteiger partial charge < -0.3 is 10.0 Å². The Hall–Kier alpha value is -1.20. The molecule has 0 amide bonds. The first-order valence-electron chi connectivity index (χ1n) is 6.91. The van der Waals surface area contributed by atoms with Crippen LogP contribution in [0.2, 0.25) is 0 Å². The topological polar surface area (TPSA) is 49.2 Å². The highest BCUT2D eigenvalue weighted by atomic mass is 32.1. The SMILES string of the molecule is CCc1cc2c(N3CCCC(CO)C3)ncnc2s1. The highest BCUT2D eigenvalue weighted by molar-refractivity contribution is 7.18. The van der Waals surface area contributed by atoms with Crippen molar-refractivity contribution in [2.75, 3.05) is 24.6 Å². The Morgan fingerprint density at radius 2 is 2.37 bits per heavy atom. The number of piperidine rings is 1. The predicted octanol–water partition coefficient (Wildman–Crippen LogP) is 2.46. The number of aliphatic hydroxyl groups excluding tert-OH is 1. The van der Waals surface area contributed by atoms with Crippen LogP contribution in [0.1, 0.15) is 24.6 Å². The van der Waals surface area contributed by atoms with E-state index in [-0.39, 0.29) is 6.61 Å². The molecule has 1 fully saturated rings. The van der Waals surface area contributed by atoms with Gasteiger partial charge in [0.2, 0.25) is 0 Å². The summed E-state index contributed by atoms with van der Waals surface area (Å²) in [6.45, 7) is 4.37. The minimum absolute atomic E-state index is 0.272. The maximum Gasteiger partial charge on any atom is 0.140 e. The molecule has 1 saturated heterocycles. The van der Waals surface area contributed by atoms with Crippen LogP contribution in [0, 0.1) is 5.92 Å². The van der Waals surface area contributed by atoms with E-state index >= 15 is 0 Å². The number of thiophene rings is 1. The van der Waals surface area contributed by atoms with Gasteiger partial charge in [0.1, 0.15) is 17.0 Å². The third kappa shape index (κ3) is 2.44. The molecule has 1 unspecified atom stereocenters. The summed E-state index contributed by atoms with van der Waals surface area (Å²) in [4.78, 5) is 13.6. The average Bonchev–Trinajstić information content (AvgIpc) is 2.90. The quantitative estimate of drug-likeness (QED) is 0.936. The summed E-state index contributed by atoms with van der Waals surface area (Å²) in [7, 11) is 0. The highest BCUT2D eigenvalue weighted by Gasteiger charge is 2.22. The molecule has 0 aromatic carbocycles. The summed E-state index contributed by atoms with van der Waals surface area (Å²) in [6.07, 6.45) is 4.95. The second-order valence-corrected chi connectivity index (χ2v) is 6.23. The van der Waals surface area contributed by atoms with Crippen LogP contribution in [-0.2, 0) is 6.42 Å². The van der Waals surface area contributed by atoms with Crippen molar-refractivity contribution < 1.29 is 5.11 Å². The number of hydrogen-bond acceptors (Lipinski definition) is 5. The van der Waals surface area contributed by atoms with E-state index in [2.05, 4.69) is 27.9 Å². The lowest BCUT2D eigenvalue weighted by Crippen LogP contribution is -2.37. The van der Waals surface area contributed by atoms with Crippen molar-refractivity contribution in [2.24, 2.45) is 5.92 Å². The normalized spacial score (nSPS) is 20.1. The minimum Gasteiger partial charge on any atom is -0.396 e. The number of aliphatic hydroxyl groups is 1. The second-order valence-electron chi connectivity index (χ2n) is 5.12. The molecule has 3 heterocycles. The number of anilines is 1. The summed E-state index contributed by atoms with van der Waals surface area (Å²) in [5.41, 5.74) is 0. The van der Waals surface area contributed by atoms with Gasteiger partial charge in [-0.1, -0.05) is 6.92 Å². The maximum absolute atomic E-state index is 9.35. The highest BCUT2D eigenvalue weighted by Crippen LogP contribution is 2.32. The summed E-state index contributed by atoms with van der Waals surface area (Å²) < 4.78 is 0. The van der Waals surface area contributed by atoms with Crippen LogP contribution in [-0.4, -0.2) is 34.8 Å². The molecule has 1 aliphatic rings. The van der Waals surface area contributed by atoms with Crippen LogP contribution in [0.25, 0.3) is 10.2 Å². The van der Waals surface area contributed by atoms with Crippen LogP contribution >= 0.6 is 11.3 Å². The molecule has 1 N–H and O–H groups in total. The van der Waals surface area contributed by atoms with Gasteiger partial charge in [-0.25, -0.2) is 9.97 Å². The van der Waals surface area contributed by atoms with Crippen molar-refractivity contribution >= 4 is 27.4 Å². The van der Waals surface area contributed by atoms with E-state index < -0.39 is 0 Å². The van der Waals surface area contributed by atoms with Crippen molar-refractivity contribution in [3.8, 4) is 0 Å². The first-order chi connectivity index (χ1) is 9.31. The van der Waals surface area contributed by atoms with Crippen LogP contribution in [0.5, 0.6) is 0 Å². The van der Waals surface area contributed by atoms with E-state index in [4.69, 9.17) is 0 Å². The van der Waals surface area contributed by atoms with E-state index in [1.54, 1.807) is 17.7 Å². The van der Waals surface area contributed by atoms with Gasteiger partial charge in [0.15, 0.2) is 0 Å². The molecule has 3 rings (SSSR count). The Bertz CT molecular complexity index is 569. The summed E-state index contributed by atoms with van der Waals surface area (Å²) in [5, 5.41) is 10.5. The molecular weight excluding hydrogens is 258 g/mol. The van der Waals surface area contributed by atoms with Crippen molar-refractivity contribution in [3.05, 3.63) is 17.3 Å². The molecule has 19 heavy (non-hydrogen) atoms. The molecule has 5 heteroatoms. The molecule has 0 radical (unpaired) electrons. The number of hydrogen-bond donors (Lipinski definition) is 1. The molecule has 0 spiro atoms. The third-order valence-corrected chi connectivity index (χ3v) is 4.97. The molecule has 102 valence electrons. The van der Waals surface area contributed by atoms with Crippen molar-refractivity contribution in [3.63, 3.8) is 0 Å². The molecule has 0 aliphatic carbocycles.